The summed E-state index contributed by atoms with van der Waals surface area (Å²) in [6.45, 7) is 5.61. The molecule has 3 N–H and O–H groups in total. The van der Waals surface area contributed by atoms with Gasteiger partial charge in [0, 0.05) is 51.4 Å². The fourth-order valence-corrected chi connectivity index (χ4v) is 2.49. The average Bonchev–Trinajstić information content (AvgIpc) is 2.66. The van der Waals surface area contributed by atoms with E-state index in [4.69, 9.17) is 10.8 Å². The van der Waals surface area contributed by atoms with Gasteiger partial charge in [0.25, 0.3) is 0 Å². The van der Waals surface area contributed by atoms with Crippen molar-refractivity contribution in [2.75, 3.05) is 37.7 Å². The molecule has 0 bridgehead atoms. The molecule has 154 valence electrons. The van der Waals surface area contributed by atoms with Crippen molar-refractivity contribution in [1.82, 2.24) is 14.9 Å². The lowest BCUT2D eigenvalue weighted by Crippen LogP contribution is -2.49. The van der Waals surface area contributed by atoms with Crippen LogP contribution in [-0.4, -0.2) is 64.7 Å². The molecule has 1 atom stereocenters. The van der Waals surface area contributed by atoms with Crippen LogP contribution >= 0.6 is 0 Å². The number of piperazine rings is 1. The Hall–Kier alpha value is -1.94. The van der Waals surface area contributed by atoms with Crippen molar-refractivity contribution in [3.8, 4) is 0 Å². The Morgan fingerprint density at radius 2 is 1.89 bits per heavy atom. The quantitative estimate of drug-likeness (QED) is 0.793. The van der Waals surface area contributed by atoms with Crippen LogP contribution in [0.4, 0.5) is 19.1 Å². The highest BCUT2D eigenvalue weighted by Gasteiger charge is 2.33. The Kier molecular flexibility index (Phi) is 9.44. The van der Waals surface area contributed by atoms with Crippen LogP contribution in [0.1, 0.15) is 38.8 Å². The molecule has 0 aromatic carbocycles. The van der Waals surface area contributed by atoms with Crippen LogP contribution in [0.2, 0.25) is 0 Å². The van der Waals surface area contributed by atoms with Gasteiger partial charge in [-0.05, 0) is 25.8 Å². The van der Waals surface area contributed by atoms with Crippen LogP contribution in [0, 0.1) is 0 Å². The van der Waals surface area contributed by atoms with Gasteiger partial charge in [-0.3, -0.25) is 4.79 Å². The molecule has 0 saturated carbocycles. The number of anilines is 1. The number of hydrogen-bond acceptors (Lipinski definition) is 6. The van der Waals surface area contributed by atoms with Gasteiger partial charge in [-0.25, -0.2) is 9.97 Å². The van der Waals surface area contributed by atoms with Gasteiger partial charge in [0.2, 0.25) is 11.9 Å². The SMILES string of the molecule is CCC(N)CCC(=O)N1CCN(c2nccc(C(F)(F)F)n2)CC1.CCO. The molecule has 1 aromatic rings. The topological polar surface area (TPSA) is 95.6 Å². The van der Waals surface area contributed by atoms with Crippen molar-refractivity contribution in [1.29, 1.82) is 0 Å². The van der Waals surface area contributed by atoms with Crippen molar-refractivity contribution in [2.45, 2.75) is 45.3 Å². The number of nitrogens with zero attached hydrogens (tertiary/aromatic N) is 4. The fourth-order valence-electron chi connectivity index (χ4n) is 2.49. The predicted octanol–water partition coefficient (Wildman–Crippen LogP) is 1.66. The number of aliphatic hydroxyl groups excluding tert-OH is 1. The molecular weight excluding hydrogens is 363 g/mol. The van der Waals surface area contributed by atoms with Crippen LogP contribution in [0.3, 0.4) is 0 Å². The van der Waals surface area contributed by atoms with Crippen LogP contribution in [0.5, 0.6) is 0 Å². The zero-order chi connectivity index (χ0) is 20.4. The lowest BCUT2D eigenvalue weighted by atomic mass is 10.1. The molecule has 1 unspecified atom stereocenters. The fraction of sp³-hybridized carbons (Fsp3) is 0.706. The van der Waals surface area contributed by atoms with Crippen molar-refractivity contribution < 1.29 is 23.1 Å². The van der Waals surface area contributed by atoms with E-state index in [2.05, 4.69) is 9.97 Å². The number of aliphatic hydroxyl groups is 1. The minimum atomic E-state index is -4.49. The number of alkyl halides is 3. The first kappa shape index (κ1) is 23.1. The molecule has 7 nitrogen and oxygen atoms in total. The highest BCUT2D eigenvalue weighted by molar-refractivity contribution is 5.76. The van der Waals surface area contributed by atoms with Crippen molar-refractivity contribution in [3.05, 3.63) is 18.0 Å². The van der Waals surface area contributed by atoms with E-state index >= 15 is 0 Å². The lowest BCUT2D eigenvalue weighted by molar-refractivity contribution is -0.141. The molecule has 1 fully saturated rings. The maximum Gasteiger partial charge on any atom is 0.433 e. The maximum atomic E-state index is 12.7. The first-order valence-electron chi connectivity index (χ1n) is 9.02. The Bertz CT molecular complexity index is 578. The molecule has 27 heavy (non-hydrogen) atoms. The van der Waals surface area contributed by atoms with E-state index < -0.39 is 11.9 Å². The summed E-state index contributed by atoms with van der Waals surface area (Å²) in [5, 5.41) is 7.57. The standard InChI is InChI=1S/C15H22F3N5O.C2H6O/c1-2-11(19)3-4-13(24)22-7-9-23(10-8-22)14-20-6-5-12(21-14)15(16,17)18;1-2-3/h5-6,11H,2-4,7-10,19H2,1H3;3H,2H2,1H3. The van der Waals surface area contributed by atoms with Gasteiger partial charge in [0.1, 0.15) is 5.69 Å². The summed E-state index contributed by atoms with van der Waals surface area (Å²) in [6.07, 6.45) is -1.52. The largest absolute Gasteiger partial charge is 0.433 e. The molecule has 1 aliphatic heterocycles. The third-order valence-corrected chi connectivity index (χ3v) is 4.10. The molecule has 1 saturated heterocycles. The molecule has 1 amide bonds. The third-order valence-electron chi connectivity index (χ3n) is 4.10. The van der Waals surface area contributed by atoms with E-state index in [0.29, 0.717) is 39.0 Å². The molecule has 1 aromatic heterocycles. The van der Waals surface area contributed by atoms with Gasteiger partial charge in [-0.1, -0.05) is 6.92 Å². The number of amides is 1. The minimum Gasteiger partial charge on any atom is -0.397 e. The Labute approximate surface area is 157 Å². The van der Waals surface area contributed by atoms with Gasteiger partial charge >= 0.3 is 6.18 Å². The molecule has 2 rings (SSSR count). The third kappa shape index (κ3) is 7.67. The monoisotopic (exact) mass is 391 g/mol. The van der Waals surface area contributed by atoms with Crippen LogP contribution < -0.4 is 10.6 Å². The highest BCUT2D eigenvalue weighted by atomic mass is 19.4. The van der Waals surface area contributed by atoms with Crippen LogP contribution in [0.15, 0.2) is 12.3 Å². The van der Waals surface area contributed by atoms with Gasteiger partial charge in [-0.2, -0.15) is 13.2 Å². The normalized spacial score (nSPS) is 15.8. The van der Waals surface area contributed by atoms with Crippen LogP contribution in [0.25, 0.3) is 0 Å². The second-order valence-corrected chi connectivity index (χ2v) is 6.13. The predicted molar refractivity (Wildman–Crippen MR) is 96.1 cm³/mol. The number of rotatable bonds is 5. The van der Waals surface area contributed by atoms with E-state index in [1.807, 2.05) is 6.92 Å². The summed E-state index contributed by atoms with van der Waals surface area (Å²) in [5.74, 6) is 0.0773. The molecule has 10 heteroatoms. The Morgan fingerprint density at radius 3 is 2.41 bits per heavy atom. The Balaban J connectivity index is 0.00000114. The summed E-state index contributed by atoms with van der Waals surface area (Å²) in [4.78, 5) is 23.0. The zero-order valence-corrected chi connectivity index (χ0v) is 15.7. The van der Waals surface area contributed by atoms with E-state index in [1.54, 1.807) is 16.7 Å². The van der Waals surface area contributed by atoms with E-state index in [1.165, 1.54) is 0 Å². The molecule has 0 aliphatic carbocycles. The summed E-state index contributed by atoms with van der Waals surface area (Å²) in [6, 6.07) is 0.869. The van der Waals surface area contributed by atoms with Gasteiger partial charge in [0.15, 0.2) is 0 Å². The summed E-state index contributed by atoms with van der Waals surface area (Å²) >= 11 is 0. The number of hydrogen-bond donors (Lipinski definition) is 2. The summed E-state index contributed by atoms with van der Waals surface area (Å²) in [7, 11) is 0. The molecular formula is C17H28F3N5O2. The minimum absolute atomic E-state index is 0.0220. The van der Waals surface area contributed by atoms with Crippen LogP contribution in [-0.2, 0) is 11.0 Å². The summed E-state index contributed by atoms with van der Waals surface area (Å²) < 4.78 is 38.1. The zero-order valence-electron chi connectivity index (χ0n) is 15.7. The number of aromatic nitrogens is 2. The smallest absolute Gasteiger partial charge is 0.397 e. The van der Waals surface area contributed by atoms with Gasteiger partial charge < -0.3 is 20.6 Å². The highest BCUT2D eigenvalue weighted by Crippen LogP contribution is 2.28. The van der Waals surface area contributed by atoms with Crippen molar-refractivity contribution in [3.63, 3.8) is 0 Å². The molecule has 0 spiro atoms. The summed E-state index contributed by atoms with van der Waals surface area (Å²) in [5.41, 5.74) is 4.85. The lowest BCUT2D eigenvalue weighted by Gasteiger charge is -2.35. The number of nitrogens with two attached hydrogens (primary N) is 1. The van der Waals surface area contributed by atoms with Gasteiger partial charge in [-0.15, -0.1) is 0 Å². The first-order valence-corrected chi connectivity index (χ1v) is 9.02. The molecule has 2 heterocycles. The molecule has 0 radical (unpaired) electrons. The van der Waals surface area contributed by atoms with E-state index in [9.17, 15) is 18.0 Å². The second kappa shape index (κ2) is 11.0. The van der Waals surface area contributed by atoms with Crippen molar-refractivity contribution >= 4 is 11.9 Å². The number of carbonyl (C=O) groups excluding carboxylic acids is 1. The van der Waals surface area contributed by atoms with E-state index in [-0.39, 0.29) is 24.5 Å². The van der Waals surface area contributed by atoms with Crippen molar-refractivity contribution in [2.24, 2.45) is 5.73 Å². The first-order chi connectivity index (χ1) is 12.7. The number of halogens is 3. The average molecular weight is 391 g/mol. The number of carbonyl (C=O) groups is 1. The second-order valence-electron chi connectivity index (χ2n) is 6.13. The molecule has 1 aliphatic rings. The maximum absolute atomic E-state index is 12.7. The van der Waals surface area contributed by atoms with E-state index in [0.717, 1.165) is 18.7 Å². The Morgan fingerprint density at radius 1 is 1.30 bits per heavy atom. The van der Waals surface area contributed by atoms with Gasteiger partial charge in [0.05, 0.1) is 0 Å².